The summed E-state index contributed by atoms with van der Waals surface area (Å²) in [5, 5.41) is 12.2. The number of para-hydroxylation sites is 2. The number of amides is 1. The van der Waals surface area contributed by atoms with Gasteiger partial charge in [-0.3, -0.25) is 4.79 Å². The van der Waals surface area contributed by atoms with Crippen LogP contribution >= 0.6 is 0 Å². The average molecular weight is 328 g/mol. The molecule has 0 spiro atoms. The van der Waals surface area contributed by atoms with Crippen molar-refractivity contribution in [3.8, 4) is 0 Å². The zero-order chi connectivity index (χ0) is 16.9. The molecule has 3 rings (SSSR count). The lowest BCUT2D eigenvalue weighted by Gasteiger charge is -2.34. The molecule has 0 saturated carbocycles. The van der Waals surface area contributed by atoms with Gasteiger partial charge in [0.1, 0.15) is 5.82 Å². The highest BCUT2D eigenvalue weighted by Gasteiger charge is 2.21. The van der Waals surface area contributed by atoms with Crippen molar-refractivity contribution in [1.29, 1.82) is 0 Å². The lowest BCUT2D eigenvalue weighted by molar-refractivity contribution is 0.102. The zero-order valence-electron chi connectivity index (χ0n) is 13.4. The maximum atomic E-state index is 13.0. The van der Waals surface area contributed by atoms with E-state index in [9.17, 15) is 14.3 Å². The molecule has 1 aliphatic rings. The Labute approximate surface area is 140 Å². The predicted octanol–water partition coefficient (Wildman–Crippen LogP) is 3.29. The molecule has 1 aliphatic heterocycles. The fourth-order valence-corrected chi connectivity index (χ4v) is 3.01. The van der Waals surface area contributed by atoms with Gasteiger partial charge in [-0.2, -0.15) is 0 Å². The van der Waals surface area contributed by atoms with Gasteiger partial charge in [-0.15, -0.1) is 0 Å². The van der Waals surface area contributed by atoms with Crippen LogP contribution < -0.4 is 10.2 Å². The summed E-state index contributed by atoms with van der Waals surface area (Å²) in [5.41, 5.74) is 2.14. The number of carbonyl (C=O) groups excluding carboxylic acids is 1. The van der Waals surface area contributed by atoms with Crippen molar-refractivity contribution >= 4 is 17.3 Å². The van der Waals surface area contributed by atoms with Crippen LogP contribution in [0.4, 0.5) is 15.8 Å². The Morgan fingerprint density at radius 3 is 2.46 bits per heavy atom. The predicted molar refractivity (Wildman–Crippen MR) is 92.8 cm³/mol. The van der Waals surface area contributed by atoms with Gasteiger partial charge < -0.3 is 15.3 Å². The van der Waals surface area contributed by atoms with E-state index in [1.807, 2.05) is 24.3 Å². The first kappa shape index (κ1) is 16.5. The van der Waals surface area contributed by atoms with Crippen LogP contribution in [0.1, 0.15) is 23.2 Å². The number of carbonyl (C=O) groups is 1. The van der Waals surface area contributed by atoms with E-state index in [-0.39, 0.29) is 18.3 Å². The van der Waals surface area contributed by atoms with Crippen LogP contribution in [0.3, 0.4) is 0 Å². The molecule has 5 heteroatoms. The maximum Gasteiger partial charge on any atom is 0.255 e. The number of piperidine rings is 1. The molecule has 0 atom stereocenters. The van der Waals surface area contributed by atoms with Crippen LogP contribution in [0.15, 0.2) is 48.5 Å². The third-order valence-corrected chi connectivity index (χ3v) is 4.47. The van der Waals surface area contributed by atoms with Gasteiger partial charge >= 0.3 is 0 Å². The lowest BCUT2D eigenvalue weighted by Crippen LogP contribution is -2.35. The van der Waals surface area contributed by atoms with E-state index in [0.29, 0.717) is 11.5 Å². The van der Waals surface area contributed by atoms with Crippen molar-refractivity contribution in [2.75, 3.05) is 29.9 Å². The third kappa shape index (κ3) is 3.74. The quantitative estimate of drug-likeness (QED) is 0.905. The molecule has 0 radical (unpaired) electrons. The molecule has 1 fully saturated rings. The second kappa shape index (κ2) is 7.45. The van der Waals surface area contributed by atoms with Crippen molar-refractivity contribution in [2.24, 2.45) is 5.92 Å². The lowest BCUT2D eigenvalue weighted by atomic mass is 9.97. The number of hydrogen-bond acceptors (Lipinski definition) is 3. The number of rotatable bonds is 4. The van der Waals surface area contributed by atoms with Crippen molar-refractivity contribution in [3.05, 3.63) is 59.9 Å². The van der Waals surface area contributed by atoms with Gasteiger partial charge in [0, 0.05) is 25.3 Å². The largest absolute Gasteiger partial charge is 0.396 e. The molecule has 0 aromatic heterocycles. The minimum atomic E-state index is -0.362. The number of nitrogens with zero attached hydrogens (tertiary/aromatic N) is 1. The van der Waals surface area contributed by atoms with Crippen molar-refractivity contribution in [3.63, 3.8) is 0 Å². The second-order valence-corrected chi connectivity index (χ2v) is 6.09. The molecule has 0 aliphatic carbocycles. The van der Waals surface area contributed by atoms with Crippen molar-refractivity contribution in [2.45, 2.75) is 12.8 Å². The average Bonchev–Trinajstić information content (AvgIpc) is 2.63. The van der Waals surface area contributed by atoms with Gasteiger partial charge in [-0.25, -0.2) is 4.39 Å². The topological polar surface area (TPSA) is 52.6 Å². The first-order valence-electron chi connectivity index (χ1n) is 8.19. The molecule has 2 aromatic rings. The van der Waals surface area contributed by atoms with Gasteiger partial charge in [-0.05, 0) is 55.2 Å². The normalized spacial score (nSPS) is 15.3. The van der Waals surface area contributed by atoms with E-state index in [4.69, 9.17) is 0 Å². The standard InChI is InChI=1S/C19H21FN2O2/c20-16-7-5-15(6-8-16)19(24)21-17-3-1-2-4-18(17)22-11-9-14(13-23)10-12-22/h1-8,14,23H,9-13H2,(H,21,24). The number of aliphatic hydroxyl groups excluding tert-OH is 1. The minimum Gasteiger partial charge on any atom is -0.396 e. The fourth-order valence-electron chi connectivity index (χ4n) is 3.01. The Hall–Kier alpha value is -2.40. The first-order valence-corrected chi connectivity index (χ1v) is 8.19. The van der Waals surface area contributed by atoms with E-state index >= 15 is 0 Å². The van der Waals surface area contributed by atoms with Gasteiger partial charge in [0.25, 0.3) is 5.91 Å². The number of nitrogens with one attached hydrogen (secondary N) is 1. The smallest absolute Gasteiger partial charge is 0.255 e. The van der Waals surface area contributed by atoms with Crippen LogP contribution in [-0.4, -0.2) is 30.7 Å². The summed E-state index contributed by atoms with van der Waals surface area (Å²) in [6.07, 6.45) is 1.88. The molecule has 1 saturated heterocycles. The molecule has 0 unspecified atom stereocenters. The Morgan fingerprint density at radius 1 is 1.12 bits per heavy atom. The van der Waals surface area contributed by atoms with Gasteiger partial charge in [0.15, 0.2) is 0 Å². The van der Waals surface area contributed by atoms with E-state index in [1.54, 1.807) is 0 Å². The Bertz CT molecular complexity index is 695. The van der Waals surface area contributed by atoms with Crippen LogP contribution in [0, 0.1) is 11.7 Å². The highest BCUT2D eigenvalue weighted by atomic mass is 19.1. The summed E-state index contributed by atoms with van der Waals surface area (Å²) in [6, 6.07) is 13.2. The van der Waals surface area contributed by atoms with Crippen LogP contribution in [0.5, 0.6) is 0 Å². The molecule has 2 aromatic carbocycles. The number of hydrogen-bond donors (Lipinski definition) is 2. The highest BCUT2D eigenvalue weighted by molar-refractivity contribution is 6.05. The molecule has 4 nitrogen and oxygen atoms in total. The molecule has 126 valence electrons. The van der Waals surface area contributed by atoms with Crippen LogP contribution in [0.2, 0.25) is 0 Å². The van der Waals surface area contributed by atoms with Crippen molar-refractivity contribution < 1.29 is 14.3 Å². The summed E-state index contributed by atoms with van der Waals surface area (Å²) in [6.45, 7) is 1.94. The summed E-state index contributed by atoms with van der Waals surface area (Å²) < 4.78 is 13.0. The summed E-state index contributed by atoms with van der Waals surface area (Å²) in [7, 11) is 0. The number of benzene rings is 2. The molecule has 1 amide bonds. The zero-order valence-corrected chi connectivity index (χ0v) is 13.4. The SMILES string of the molecule is O=C(Nc1ccccc1N1CCC(CO)CC1)c1ccc(F)cc1. The summed E-state index contributed by atoms with van der Waals surface area (Å²) in [4.78, 5) is 14.6. The second-order valence-electron chi connectivity index (χ2n) is 6.09. The highest BCUT2D eigenvalue weighted by Crippen LogP contribution is 2.30. The maximum absolute atomic E-state index is 13.0. The Balaban J connectivity index is 1.74. The number of aliphatic hydroxyl groups is 1. The van der Waals surface area contributed by atoms with E-state index in [0.717, 1.165) is 37.3 Å². The van der Waals surface area contributed by atoms with Crippen LogP contribution in [0.25, 0.3) is 0 Å². The van der Waals surface area contributed by atoms with Crippen molar-refractivity contribution in [1.82, 2.24) is 0 Å². The third-order valence-electron chi connectivity index (χ3n) is 4.47. The molecule has 24 heavy (non-hydrogen) atoms. The molecule has 1 heterocycles. The summed E-state index contributed by atoms with van der Waals surface area (Å²) in [5.74, 6) is -0.256. The number of halogens is 1. The fraction of sp³-hybridized carbons (Fsp3) is 0.316. The van der Waals surface area contributed by atoms with Gasteiger partial charge in [0.2, 0.25) is 0 Å². The molecular formula is C19H21FN2O2. The minimum absolute atomic E-state index is 0.233. The molecule has 2 N–H and O–H groups in total. The van der Waals surface area contributed by atoms with E-state index in [2.05, 4.69) is 10.2 Å². The monoisotopic (exact) mass is 328 g/mol. The molecule has 0 bridgehead atoms. The first-order chi connectivity index (χ1) is 11.7. The van der Waals surface area contributed by atoms with E-state index in [1.165, 1.54) is 24.3 Å². The Kier molecular flexibility index (Phi) is 5.11. The van der Waals surface area contributed by atoms with Gasteiger partial charge in [0.05, 0.1) is 11.4 Å². The van der Waals surface area contributed by atoms with E-state index < -0.39 is 0 Å². The number of anilines is 2. The Morgan fingerprint density at radius 2 is 1.79 bits per heavy atom. The van der Waals surface area contributed by atoms with Crippen LogP contribution in [-0.2, 0) is 0 Å². The molecular weight excluding hydrogens is 307 g/mol. The van der Waals surface area contributed by atoms with Gasteiger partial charge in [-0.1, -0.05) is 12.1 Å². The summed E-state index contributed by atoms with van der Waals surface area (Å²) >= 11 is 0.